The van der Waals surface area contributed by atoms with Gasteiger partial charge in [0.15, 0.2) is 0 Å². The number of nitriles is 1. The van der Waals surface area contributed by atoms with E-state index in [-0.39, 0.29) is 0 Å². The molecular weight excluding hydrogens is 438 g/mol. The fraction of sp³-hybridized carbons (Fsp3) is 0. The number of benzene rings is 6. The molecule has 0 N–H and O–H groups in total. The Morgan fingerprint density at radius 1 is 0.528 bits per heavy atom. The first kappa shape index (κ1) is 21.5. The maximum Gasteiger partial charge on any atom is 0.0991 e. The molecule has 0 atom stereocenters. The Morgan fingerprint density at radius 3 is 1.81 bits per heavy atom. The van der Waals surface area contributed by atoms with Crippen molar-refractivity contribution in [3.63, 3.8) is 0 Å². The molecule has 0 saturated carbocycles. The summed E-state index contributed by atoms with van der Waals surface area (Å²) in [6.07, 6.45) is 4.27. The standard InChI is InChI=1S/C33H21N3/c34-22-25-10-19-30(20-11-25)36-35-29-17-8-23(9-18-29)5-6-24-7-12-27-14-16-28-15-13-26-3-1-2-4-31(26)33(28)32(27)21-24/h1-21H/b6-5+,36-35?. The van der Waals surface area contributed by atoms with E-state index in [2.05, 4.69) is 95.2 Å². The maximum atomic E-state index is 8.90. The van der Waals surface area contributed by atoms with E-state index >= 15 is 0 Å². The van der Waals surface area contributed by atoms with Gasteiger partial charge in [-0.2, -0.15) is 15.5 Å². The van der Waals surface area contributed by atoms with E-state index in [1.54, 1.807) is 24.3 Å². The van der Waals surface area contributed by atoms with E-state index in [1.165, 1.54) is 32.3 Å². The van der Waals surface area contributed by atoms with Crippen molar-refractivity contribution >= 4 is 55.8 Å². The number of fused-ring (bicyclic) bond motifs is 5. The summed E-state index contributed by atoms with van der Waals surface area (Å²) in [7, 11) is 0. The first-order valence-corrected chi connectivity index (χ1v) is 11.8. The summed E-state index contributed by atoms with van der Waals surface area (Å²) in [4.78, 5) is 0. The summed E-state index contributed by atoms with van der Waals surface area (Å²) < 4.78 is 0. The van der Waals surface area contributed by atoms with Crippen LogP contribution < -0.4 is 0 Å². The van der Waals surface area contributed by atoms with Gasteiger partial charge in [-0.25, -0.2) is 0 Å². The third-order valence-electron chi connectivity index (χ3n) is 6.39. The van der Waals surface area contributed by atoms with Gasteiger partial charge in [0.2, 0.25) is 0 Å². The molecule has 3 nitrogen and oxygen atoms in total. The van der Waals surface area contributed by atoms with Crippen molar-refractivity contribution < 1.29 is 0 Å². The molecule has 6 aromatic rings. The van der Waals surface area contributed by atoms with Gasteiger partial charge in [0, 0.05) is 0 Å². The second kappa shape index (κ2) is 9.29. The summed E-state index contributed by atoms with van der Waals surface area (Å²) in [6, 6.07) is 41.2. The maximum absolute atomic E-state index is 8.90. The lowest BCUT2D eigenvalue weighted by molar-refractivity contribution is 1.23. The van der Waals surface area contributed by atoms with Crippen LogP contribution in [0.5, 0.6) is 0 Å². The first-order valence-electron chi connectivity index (χ1n) is 11.8. The van der Waals surface area contributed by atoms with Crippen LogP contribution in [0.15, 0.2) is 125 Å². The Kier molecular flexibility index (Phi) is 5.54. The number of hydrogen-bond acceptors (Lipinski definition) is 3. The Balaban J connectivity index is 1.27. The zero-order valence-electron chi connectivity index (χ0n) is 19.5. The minimum Gasteiger partial charge on any atom is -0.192 e. The molecule has 0 aliphatic rings. The highest BCUT2D eigenvalue weighted by atomic mass is 15.1. The smallest absolute Gasteiger partial charge is 0.0991 e. The quantitative estimate of drug-likeness (QED) is 0.147. The summed E-state index contributed by atoms with van der Waals surface area (Å²) >= 11 is 0. The van der Waals surface area contributed by atoms with Crippen molar-refractivity contribution in [3.8, 4) is 6.07 Å². The normalized spacial score (nSPS) is 11.6. The summed E-state index contributed by atoms with van der Waals surface area (Å²) in [5, 5.41) is 25.1. The van der Waals surface area contributed by atoms with Crippen molar-refractivity contribution in [3.05, 3.63) is 132 Å². The Bertz CT molecular complexity index is 1820. The minimum atomic E-state index is 0.609. The largest absolute Gasteiger partial charge is 0.192 e. The van der Waals surface area contributed by atoms with Crippen LogP contribution in [0.3, 0.4) is 0 Å². The molecule has 0 amide bonds. The third-order valence-corrected chi connectivity index (χ3v) is 6.39. The molecule has 0 saturated heterocycles. The molecule has 0 heterocycles. The van der Waals surface area contributed by atoms with Crippen molar-refractivity contribution in [2.75, 3.05) is 0 Å². The molecule has 0 spiro atoms. The van der Waals surface area contributed by atoms with Crippen molar-refractivity contribution in [1.29, 1.82) is 5.26 Å². The second-order valence-electron chi connectivity index (χ2n) is 8.71. The van der Waals surface area contributed by atoms with Crippen LogP contribution in [0.1, 0.15) is 16.7 Å². The van der Waals surface area contributed by atoms with E-state index in [4.69, 9.17) is 5.26 Å². The van der Waals surface area contributed by atoms with Crippen LogP contribution >= 0.6 is 0 Å². The molecular formula is C33H21N3. The van der Waals surface area contributed by atoms with Gasteiger partial charge in [-0.15, -0.1) is 0 Å². The average molecular weight is 460 g/mol. The number of rotatable bonds is 4. The monoisotopic (exact) mass is 459 g/mol. The fourth-order valence-corrected chi connectivity index (χ4v) is 4.51. The zero-order chi connectivity index (χ0) is 24.3. The molecule has 0 aliphatic heterocycles. The average Bonchev–Trinajstić information content (AvgIpc) is 2.95. The Labute approximate surface area is 209 Å². The van der Waals surface area contributed by atoms with Gasteiger partial charge in [0.25, 0.3) is 0 Å². The van der Waals surface area contributed by atoms with E-state index in [0.717, 1.165) is 22.5 Å². The van der Waals surface area contributed by atoms with Gasteiger partial charge in [-0.05, 0) is 85.9 Å². The molecule has 36 heavy (non-hydrogen) atoms. The molecule has 0 aliphatic carbocycles. The molecule has 6 rings (SSSR count). The SMILES string of the molecule is N#Cc1ccc(N=Nc2ccc(/C=C/c3ccc4ccc5ccc6ccccc6c5c4c3)cc2)cc1. The molecule has 0 unspecified atom stereocenters. The first-order chi connectivity index (χ1) is 17.8. The molecule has 0 fully saturated rings. The van der Waals surface area contributed by atoms with Crippen LogP contribution in [-0.4, -0.2) is 0 Å². The van der Waals surface area contributed by atoms with Crippen molar-refractivity contribution in [1.82, 2.24) is 0 Å². The predicted octanol–water partition coefficient (Wildman–Crippen LogP) is 9.60. The second-order valence-corrected chi connectivity index (χ2v) is 8.71. The fourth-order valence-electron chi connectivity index (χ4n) is 4.51. The molecule has 168 valence electrons. The van der Waals surface area contributed by atoms with Crippen molar-refractivity contribution in [2.45, 2.75) is 0 Å². The predicted molar refractivity (Wildman–Crippen MR) is 150 cm³/mol. The Morgan fingerprint density at radius 2 is 1.08 bits per heavy atom. The van der Waals surface area contributed by atoms with E-state index in [1.807, 2.05) is 24.3 Å². The molecule has 0 aromatic heterocycles. The number of hydrogen-bond donors (Lipinski definition) is 0. The van der Waals surface area contributed by atoms with Gasteiger partial charge >= 0.3 is 0 Å². The van der Waals surface area contributed by atoms with Crippen molar-refractivity contribution in [2.24, 2.45) is 10.2 Å². The van der Waals surface area contributed by atoms with Crippen LogP contribution in [0.4, 0.5) is 11.4 Å². The van der Waals surface area contributed by atoms with E-state index in [9.17, 15) is 0 Å². The van der Waals surface area contributed by atoms with Gasteiger partial charge in [0.05, 0.1) is 23.0 Å². The Hall–Kier alpha value is -5.07. The van der Waals surface area contributed by atoms with Gasteiger partial charge in [0.1, 0.15) is 0 Å². The van der Waals surface area contributed by atoms with Crippen LogP contribution in [0.2, 0.25) is 0 Å². The number of nitrogens with zero attached hydrogens (tertiary/aromatic N) is 3. The lowest BCUT2D eigenvalue weighted by Gasteiger charge is -2.09. The summed E-state index contributed by atoms with van der Waals surface area (Å²) in [6.45, 7) is 0. The highest BCUT2D eigenvalue weighted by Gasteiger charge is 2.05. The minimum absolute atomic E-state index is 0.609. The molecule has 3 heteroatoms. The molecule has 6 aromatic carbocycles. The highest BCUT2D eigenvalue weighted by molar-refractivity contribution is 6.20. The van der Waals surface area contributed by atoms with Gasteiger partial charge in [-0.3, -0.25) is 0 Å². The van der Waals surface area contributed by atoms with Gasteiger partial charge < -0.3 is 0 Å². The van der Waals surface area contributed by atoms with Gasteiger partial charge in [-0.1, -0.05) is 84.9 Å². The van der Waals surface area contributed by atoms with Crippen LogP contribution in [0.25, 0.3) is 44.5 Å². The number of azo groups is 1. The topological polar surface area (TPSA) is 48.5 Å². The highest BCUT2D eigenvalue weighted by Crippen LogP contribution is 2.33. The van der Waals surface area contributed by atoms with E-state index < -0.39 is 0 Å². The zero-order valence-corrected chi connectivity index (χ0v) is 19.5. The third kappa shape index (κ3) is 4.24. The molecule has 0 radical (unpaired) electrons. The summed E-state index contributed by atoms with van der Waals surface area (Å²) in [5.74, 6) is 0. The lowest BCUT2D eigenvalue weighted by Crippen LogP contribution is -1.82. The van der Waals surface area contributed by atoms with Crippen LogP contribution in [0, 0.1) is 11.3 Å². The van der Waals surface area contributed by atoms with E-state index in [0.29, 0.717) is 5.56 Å². The van der Waals surface area contributed by atoms with Crippen LogP contribution in [-0.2, 0) is 0 Å². The summed E-state index contributed by atoms with van der Waals surface area (Å²) in [5.41, 5.74) is 4.36. The lowest BCUT2D eigenvalue weighted by atomic mass is 9.95. The molecule has 0 bridgehead atoms.